The number of carbonyl (C=O) groups is 1. The average Bonchev–Trinajstić information content (AvgIpc) is 2.72. The van der Waals surface area contributed by atoms with Gasteiger partial charge in [-0.2, -0.15) is 0 Å². The van der Waals surface area contributed by atoms with Crippen molar-refractivity contribution in [3.63, 3.8) is 0 Å². The average molecular weight is 234 g/mol. The van der Waals surface area contributed by atoms with Crippen LogP contribution in [0.4, 0.5) is 0 Å². The molecule has 84 valence electrons. The zero-order valence-corrected chi connectivity index (χ0v) is 9.88. The number of thiophene rings is 1. The summed E-state index contributed by atoms with van der Waals surface area (Å²) in [6.07, 6.45) is 0.587. The molecule has 0 bridgehead atoms. The number of fused-ring (bicyclic) bond motifs is 1. The molecule has 0 radical (unpaired) electrons. The van der Waals surface area contributed by atoms with E-state index in [9.17, 15) is 4.79 Å². The number of rotatable bonds is 3. The van der Waals surface area contributed by atoms with Crippen LogP contribution >= 0.6 is 11.3 Å². The quantitative estimate of drug-likeness (QED) is 0.846. The molecule has 3 N–H and O–H groups in total. The van der Waals surface area contributed by atoms with E-state index in [4.69, 9.17) is 5.73 Å². The van der Waals surface area contributed by atoms with E-state index in [1.165, 1.54) is 10.1 Å². The van der Waals surface area contributed by atoms with Crippen LogP contribution in [0.1, 0.15) is 5.56 Å². The number of amides is 1. The Morgan fingerprint density at radius 2 is 2.25 bits per heavy atom. The lowest BCUT2D eigenvalue weighted by molar-refractivity contribution is -0.121. The largest absolute Gasteiger partial charge is 0.358 e. The second-order valence-electron chi connectivity index (χ2n) is 3.68. The summed E-state index contributed by atoms with van der Waals surface area (Å²) in [4.78, 5) is 11.3. The molecular weight excluding hydrogens is 220 g/mol. The maximum absolute atomic E-state index is 11.3. The third-order valence-corrected chi connectivity index (χ3v) is 3.60. The Hall–Kier alpha value is -1.39. The highest BCUT2D eigenvalue weighted by molar-refractivity contribution is 7.17. The van der Waals surface area contributed by atoms with Crippen molar-refractivity contribution in [3.05, 3.63) is 35.2 Å². The Morgan fingerprint density at radius 1 is 1.50 bits per heavy atom. The first-order valence-corrected chi connectivity index (χ1v) is 6.02. The fourth-order valence-corrected chi connectivity index (χ4v) is 2.68. The summed E-state index contributed by atoms with van der Waals surface area (Å²) in [5, 5.41) is 5.84. The number of hydrogen-bond acceptors (Lipinski definition) is 3. The van der Waals surface area contributed by atoms with Gasteiger partial charge in [0.25, 0.3) is 0 Å². The monoisotopic (exact) mass is 234 g/mol. The van der Waals surface area contributed by atoms with Gasteiger partial charge >= 0.3 is 0 Å². The molecule has 1 aromatic heterocycles. The first kappa shape index (κ1) is 11.1. The summed E-state index contributed by atoms with van der Waals surface area (Å²) in [6, 6.07) is 7.70. The van der Waals surface area contributed by atoms with Gasteiger partial charge in [0.05, 0.1) is 6.04 Å². The Kier molecular flexibility index (Phi) is 3.22. The van der Waals surface area contributed by atoms with E-state index in [1.54, 1.807) is 18.4 Å². The van der Waals surface area contributed by atoms with Crippen molar-refractivity contribution in [3.8, 4) is 0 Å². The molecule has 0 spiro atoms. The van der Waals surface area contributed by atoms with Crippen molar-refractivity contribution in [1.82, 2.24) is 5.32 Å². The van der Waals surface area contributed by atoms with Crippen LogP contribution in [-0.4, -0.2) is 19.0 Å². The van der Waals surface area contributed by atoms with E-state index >= 15 is 0 Å². The summed E-state index contributed by atoms with van der Waals surface area (Å²) < 4.78 is 1.24. The molecule has 1 amide bonds. The van der Waals surface area contributed by atoms with E-state index in [-0.39, 0.29) is 5.91 Å². The minimum absolute atomic E-state index is 0.115. The highest BCUT2D eigenvalue weighted by atomic mass is 32.1. The summed E-state index contributed by atoms with van der Waals surface area (Å²) in [6.45, 7) is 0. The zero-order chi connectivity index (χ0) is 11.5. The molecule has 1 atom stereocenters. The van der Waals surface area contributed by atoms with Crippen LogP contribution in [0.5, 0.6) is 0 Å². The van der Waals surface area contributed by atoms with Crippen molar-refractivity contribution < 1.29 is 4.79 Å². The van der Waals surface area contributed by atoms with Gasteiger partial charge in [-0.25, -0.2) is 0 Å². The van der Waals surface area contributed by atoms with Crippen molar-refractivity contribution in [2.24, 2.45) is 5.73 Å². The van der Waals surface area contributed by atoms with Gasteiger partial charge in [-0.3, -0.25) is 4.79 Å². The molecule has 0 fully saturated rings. The van der Waals surface area contributed by atoms with Crippen LogP contribution in [0.3, 0.4) is 0 Å². The molecule has 4 heteroatoms. The molecule has 0 saturated carbocycles. The topological polar surface area (TPSA) is 55.1 Å². The summed E-state index contributed by atoms with van der Waals surface area (Å²) in [5.74, 6) is -0.115. The molecule has 16 heavy (non-hydrogen) atoms. The number of benzene rings is 1. The summed E-state index contributed by atoms with van der Waals surface area (Å²) in [5.41, 5.74) is 6.95. The van der Waals surface area contributed by atoms with E-state index in [0.29, 0.717) is 6.42 Å². The Bertz CT molecular complexity index is 506. The normalized spacial score (nSPS) is 12.6. The molecule has 1 aromatic carbocycles. The van der Waals surface area contributed by atoms with Crippen LogP contribution < -0.4 is 11.1 Å². The number of hydrogen-bond donors (Lipinski definition) is 2. The van der Waals surface area contributed by atoms with Crippen LogP contribution in [0.15, 0.2) is 29.6 Å². The summed E-state index contributed by atoms with van der Waals surface area (Å²) in [7, 11) is 1.61. The molecule has 1 unspecified atom stereocenters. The molecule has 0 aliphatic carbocycles. The minimum atomic E-state index is -0.469. The van der Waals surface area contributed by atoms with Crippen molar-refractivity contribution in [2.75, 3.05) is 7.05 Å². The molecular formula is C12H14N2OS. The molecule has 0 saturated heterocycles. The van der Waals surface area contributed by atoms with Crippen LogP contribution in [0.25, 0.3) is 10.1 Å². The van der Waals surface area contributed by atoms with E-state index in [1.807, 2.05) is 12.1 Å². The number of nitrogens with one attached hydrogen (secondary N) is 1. The lowest BCUT2D eigenvalue weighted by Crippen LogP contribution is -2.40. The number of likely N-dealkylation sites (N-methyl/N-ethyl adjacent to an activating group) is 1. The Labute approximate surface area is 98.3 Å². The van der Waals surface area contributed by atoms with Crippen LogP contribution in [0, 0.1) is 0 Å². The lowest BCUT2D eigenvalue weighted by Gasteiger charge is -2.08. The highest BCUT2D eigenvalue weighted by Crippen LogP contribution is 2.26. The van der Waals surface area contributed by atoms with E-state index in [0.717, 1.165) is 5.56 Å². The molecule has 3 nitrogen and oxygen atoms in total. The number of nitrogens with two attached hydrogens (primary N) is 1. The van der Waals surface area contributed by atoms with Crippen molar-refractivity contribution >= 4 is 27.3 Å². The minimum Gasteiger partial charge on any atom is -0.358 e. The fraction of sp³-hybridized carbons (Fsp3) is 0.250. The predicted octanol–water partition coefficient (Wildman–Crippen LogP) is 1.52. The third-order valence-electron chi connectivity index (χ3n) is 2.58. The van der Waals surface area contributed by atoms with Gasteiger partial charge < -0.3 is 11.1 Å². The zero-order valence-electron chi connectivity index (χ0n) is 9.07. The Balaban J connectivity index is 2.24. The summed E-state index contributed by atoms with van der Waals surface area (Å²) >= 11 is 1.69. The second kappa shape index (κ2) is 4.63. The first-order valence-electron chi connectivity index (χ1n) is 5.14. The van der Waals surface area contributed by atoms with Gasteiger partial charge in [-0.15, -0.1) is 11.3 Å². The van der Waals surface area contributed by atoms with E-state index in [2.05, 4.69) is 22.8 Å². The van der Waals surface area contributed by atoms with Gasteiger partial charge in [0.1, 0.15) is 0 Å². The van der Waals surface area contributed by atoms with E-state index < -0.39 is 6.04 Å². The maximum atomic E-state index is 11.3. The molecule has 2 aromatic rings. The highest BCUT2D eigenvalue weighted by Gasteiger charge is 2.14. The van der Waals surface area contributed by atoms with Gasteiger partial charge in [-0.1, -0.05) is 18.2 Å². The van der Waals surface area contributed by atoms with Crippen LogP contribution in [-0.2, 0) is 11.2 Å². The van der Waals surface area contributed by atoms with Crippen molar-refractivity contribution in [1.29, 1.82) is 0 Å². The first-order chi connectivity index (χ1) is 7.72. The smallest absolute Gasteiger partial charge is 0.237 e. The number of carbonyl (C=O) groups excluding carboxylic acids is 1. The fourth-order valence-electron chi connectivity index (χ4n) is 1.71. The van der Waals surface area contributed by atoms with Gasteiger partial charge in [-0.05, 0) is 28.8 Å². The van der Waals surface area contributed by atoms with Gasteiger partial charge in [0, 0.05) is 11.7 Å². The predicted molar refractivity (Wildman–Crippen MR) is 67.6 cm³/mol. The lowest BCUT2D eigenvalue weighted by atomic mass is 10.1. The second-order valence-corrected chi connectivity index (χ2v) is 4.59. The maximum Gasteiger partial charge on any atom is 0.237 e. The molecule has 2 rings (SSSR count). The van der Waals surface area contributed by atoms with Gasteiger partial charge in [0.15, 0.2) is 0 Å². The molecule has 0 aliphatic heterocycles. The Morgan fingerprint density at radius 3 is 3.00 bits per heavy atom. The molecule has 1 heterocycles. The SMILES string of the molecule is CNC(=O)C(N)Cc1csc2ccccc12. The molecule has 0 aliphatic rings. The van der Waals surface area contributed by atoms with Crippen LogP contribution in [0.2, 0.25) is 0 Å². The van der Waals surface area contributed by atoms with Crippen molar-refractivity contribution in [2.45, 2.75) is 12.5 Å². The van der Waals surface area contributed by atoms with Gasteiger partial charge in [0.2, 0.25) is 5.91 Å². The standard InChI is InChI=1S/C12H14N2OS/c1-14-12(15)10(13)6-8-7-16-11-5-3-2-4-9(8)11/h2-5,7,10H,6,13H2,1H3,(H,14,15). The third kappa shape index (κ3) is 2.08.